The third kappa shape index (κ3) is 3.15. The van der Waals surface area contributed by atoms with Gasteiger partial charge in [-0.05, 0) is 37.5 Å². The second-order valence-corrected chi connectivity index (χ2v) is 4.65. The summed E-state index contributed by atoms with van der Waals surface area (Å²) in [7, 11) is 0. The van der Waals surface area contributed by atoms with Gasteiger partial charge in [-0.3, -0.25) is 0 Å². The number of fused-ring (bicyclic) bond motifs is 1. The predicted octanol–water partition coefficient (Wildman–Crippen LogP) is 4.95. The lowest BCUT2D eigenvalue weighted by atomic mass is 9.75. The average Bonchev–Trinajstić information content (AvgIpc) is 2.45. The lowest BCUT2D eigenvalue weighted by Gasteiger charge is -2.31. The molecule has 2 unspecified atom stereocenters. The predicted molar refractivity (Wildman–Crippen MR) is 64.4 cm³/mol. The van der Waals surface area contributed by atoms with Crippen molar-refractivity contribution in [2.45, 2.75) is 65.2 Å². The van der Waals surface area contributed by atoms with E-state index in [9.17, 15) is 0 Å². The van der Waals surface area contributed by atoms with E-state index in [1.807, 2.05) is 13.8 Å². The molecule has 2 aliphatic rings. The van der Waals surface area contributed by atoms with Crippen LogP contribution in [0.3, 0.4) is 0 Å². The fraction of sp³-hybridized carbons (Fsp3) is 0.857. The van der Waals surface area contributed by atoms with Crippen LogP contribution >= 0.6 is 0 Å². The Morgan fingerprint density at radius 3 is 2.29 bits per heavy atom. The molecule has 0 heterocycles. The summed E-state index contributed by atoms with van der Waals surface area (Å²) in [6.45, 7) is 8.14. The van der Waals surface area contributed by atoms with Gasteiger partial charge < -0.3 is 0 Å². The summed E-state index contributed by atoms with van der Waals surface area (Å²) in [5.41, 5.74) is 1.53. The molecule has 2 atom stereocenters. The Morgan fingerprint density at radius 1 is 0.929 bits per heavy atom. The van der Waals surface area contributed by atoms with Crippen molar-refractivity contribution in [3.8, 4) is 0 Å². The Kier molecular flexibility index (Phi) is 5.29. The maximum Gasteiger partial charge on any atom is -0.0292 e. The Labute approximate surface area is 89.8 Å². The van der Waals surface area contributed by atoms with Crippen LogP contribution < -0.4 is 0 Å². The molecular formula is C14H26. The summed E-state index contributed by atoms with van der Waals surface area (Å²) >= 11 is 0. The lowest BCUT2D eigenvalue weighted by molar-refractivity contribution is 0.261. The molecule has 0 heteroatoms. The van der Waals surface area contributed by atoms with Gasteiger partial charge in [-0.25, -0.2) is 0 Å². The molecule has 0 spiro atoms. The molecule has 0 aliphatic heterocycles. The summed E-state index contributed by atoms with van der Waals surface area (Å²) < 4.78 is 0. The molecule has 0 aromatic heterocycles. The van der Waals surface area contributed by atoms with Crippen LogP contribution in [0.25, 0.3) is 0 Å². The molecule has 14 heavy (non-hydrogen) atoms. The normalized spacial score (nSPS) is 32.3. The van der Waals surface area contributed by atoms with Gasteiger partial charge in [-0.1, -0.05) is 51.7 Å². The smallest absolute Gasteiger partial charge is 0.0292 e. The van der Waals surface area contributed by atoms with Crippen molar-refractivity contribution in [3.63, 3.8) is 0 Å². The fourth-order valence-electron chi connectivity index (χ4n) is 2.97. The van der Waals surface area contributed by atoms with Crippen LogP contribution in [-0.2, 0) is 0 Å². The van der Waals surface area contributed by atoms with Crippen molar-refractivity contribution in [2.75, 3.05) is 0 Å². The first-order valence-corrected chi connectivity index (χ1v) is 6.53. The first-order chi connectivity index (χ1) is 6.86. The summed E-state index contributed by atoms with van der Waals surface area (Å²) in [6.07, 6.45) is 11.6. The van der Waals surface area contributed by atoms with Gasteiger partial charge in [0.15, 0.2) is 0 Å². The van der Waals surface area contributed by atoms with Gasteiger partial charge in [0.25, 0.3) is 0 Å². The van der Waals surface area contributed by atoms with Crippen molar-refractivity contribution in [2.24, 2.45) is 11.8 Å². The molecule has 0 amide bonds. The minimum absolute atomic E-state index is 1.02. The van der Waals surface area contributed by atoms with E-state index in [1.54, 1.807) is 0 Å². The lowest BCUT2D eigenvalue weighted by Crippen LogP contribution is -2.19. The quantitative estimate of drug-likeness (QED) is 0.479. The van der Waals surface area contributed by atoms with Gasteiger partial charge in [-0.15, -0.1) is 0 Å². The van der Waals surface area contributed by atoms with E-state index in [4.69, 9.17) is 0 Å². The third-order valence-electron chi connectivity index (χ3n) is 3.74. The van der Waals surface area contributed by atoms with Crippen LogP contribution in [0.15, 0.2) is 12.2 Å². The van der Waals surface area contributed by atoms with E-state index in [1.165, 1.54) is 56.9 Å². The Hall–Kier alpha value is -0.260. The molecule has 0 radical (unpaired) electrons. The third-order valence-corrected chi connectivity index (χ3v) is 3.74. The van der Waals surface area contributed by atoms with Crippen molar-refractivity contribution in [3.05, 3.63) is 12.2 Å². The number of hydrogen-bond donors (Lipinski definition) is 0. The first-order valence-electron chi connectivity index (χ1n) is 6.53. The molecule has 0 bridgehead atoms. The van der Waals surface area contributed by atoms with Crippen LogP contribution in [0.4, 0.5) is 0 Å². The Morgan fingerprint density at radius 2 is 1.57 bits per heavy atom. The van der Waals surface area contributed by atoms with Crippen molar-refractivity contribution in [1.29, 1.82) is 0 Å². The summed E-state index contributed by atoms with van der Waals surface area (Å²) in [5.74, 6) is 2.09. The monoisotopic (exact) mass is 194 g/mol. The minimum Gasteiger partial charge on any atom is -0.0999 e. The van der Waals surface area contributed by atoms with Gasteiger partial charge >= 0.3 is 0 Å². The molecule has 0 aromatic rings. The number of rotatable bonds is 0. The molecule has 2 fully saturated rings. The molecule has 0 aromatic carbocycles. The highest BCUT2D eigenvalue weighted by Crippen LogP contribution is 2.40. The largest absolute Gasteiger partial charge is 0.0999 e. The van der Waals surface area contributed by atoms with E-state index < -0.39 is 0 Å². The molecule has 2 rings (SSSR count). The van der Waals surface area contributed by atoms with Crippen LogP contribution in [0.1, 0.15) is 65.2 Å². The van der Waals surface area contributed by atoms with Crippen LogP contribution in [0, 0.1) is 11.8 Å². The zero-order valence-corrected chi connectivity index (χ0v) is 10.0. The average molecular weight is 194 g/mol. The molecule has 82 valence electrons. The number of hydrogen-bond acceptors (Lipinski definition) is 0. The topological polar surface area (TPSA) is 0 Å². The van der Waals surface area contributed by atoms with E-state index in [-0.39, 0.29) is 0 Å². The molecular weight excluding hydrogens is 168 g/mol. The molecule has 0 saturated heterocycles. The van der Waals surface area contributed by atoms with Crippen LogP contribution in [0.2, 0.25) is 0 Å². The van der Waals surface area contributed by atoms with E-state index in [0.29, 0.717) is 0 Å². The van der Waals surface area contributed by atoms with Gasteiger partial charge in [-0.2, -0.15) is 0 Å². The second kappa shape index (κ2) is 6.27. The zero-order chi connectivity index (χ0) is 10.4. The summed E-state index contributed by atoms with van der Waals surface area (Å²) in [6, 6.07) is 0. The highest BCUT2D eigenvalue weighted by molar-refractivity contribution is 5.01. The fourth-order valence-corrected chi connectivity index (χ4v) is 2.97. The second-order valence-electron chi connectivity index (χ2n) is 4.65. The first kappa shape index (κ1) is 11.8. The van der Waals surface area contributed by atoms with Crippen molar-refractivity contribution >= 4 is 0 Å². The molecule has 0 N–H and O–H groups in total. The number of allylic oxidation sites excluding steroid dienone is 1. The molecule has 2 aliphatic carbocycles. The summed E-state index contributed by atoms with van der Waals surface area (Å²) in [4.78, 5) is 0. The van der Waals surface area contributed by atoms with Gasteiger partial charge in [0, 0.05) is 0 Å². The van der Waals surface area contributed by atoms with E-state index in [0.717, 1.165) is 11.8 Å². The van der Waals surface area contributed by atoms with Crippen molar-refractivity contribution in [1.82, 2.24) is 0 Å². The van der Waals surface area contributed by atoms with Gasteiger partial charge in [0.2, 0.25) is 0 Å². The highest BCUT2D eigenvalue weighted by atomic mass is 14.3. The molecule has 0 nitrogen and oxygen atoms in total. The van der Waals surface area contributed by atoms with Crippen molar-refractivity contribution < 1.29 is 0 Å². The maximum atomic E-state index is 4.14. The SMILES string of the molecule is C=C1CCC2CCCCCC2C1.CC. The Bertz CT molecular complexity index is 169. The van der Waals surface area contributed by atoms with Gasteiger partial charge in [0.1, 0.15) is 0 Å². The minimum atomic E-state index is 1.02. The standard InChI is InChI=1S/C12H20.C2H6/c1-10-7-8-11-5-3-2-4-6-12(11)9-10;1-2/h11-12H,1-9H2;1-2H3. The highest BCUT2D eigenvalue weighted by Gasteiger charge is 2.27. The van der Waals surface area contributed by atoms with Crippen LogP contribution in [0.5, 0.6) is 0 Å². The van der Waals surface area contributed by atoms with E-state index >= 15 is 0 Å². The zero-order valence-electron chi connectivity index (χ0n) is 10.0. The van der Waals surface area contributed by atoms with E-state index in [2.05, 4.69) is 6.58 Å². The Balaban J connectivity index is 0.000000461. The van der Waals surface area contributed by atoms with Gasteiger partial charge in [0.05, 0.1) is 0 Å². The van der Waals surface area contributed by atoms with Crippen LogP contribution in [-0.4, -0.2) is 0 Å². The summed E-state index contributed by atoms with van der Waals surface area (Å²) in [5, 5.41) is 0. The molecule has 2 saturated carbocycles. The maximum absolute atomic E-state index is 4.14.